The van der Waals surface area contributed by atoms with Crippen molar-refractivity contribution in [2.45, 2.75) is 32.5 Å². The molecule has 0 aliphatic carbocycles. The monoisotopic (exact) mass is 320 g/mol. The Morgan fingerprint density at radius 1 is 1.26 bits per heavy atom. The van der Waals surface area contributed by atoms with Crippen molar-refractivity contribution in [2.75, 3.05) is 19.6 Å². The third kappa shape index (κ3) is 3.76. The zero-order valence-electron chi connectivity index (χ0n) is 13.3. The fourth-order valence-corrected chi connectivity index (χ4v) is 3.02. The maximum absolute atomic E-state index is 12.6. The number of benzene rings is 1. The first kappa shape index (κ1) is 16.1. The van der Waals surface area contributed by atoms with E-state index in [1.165, 1.54) is 17.3 Å². The Balaban J connectivity index is 1.74. The van der Waals surface area contributed by atoms with E-state index in [1.807, 2.05) is 0 Å². The van der Waals surface area contributed by atoms with Gasteiger partial charge in [0.2, 0.25) is 0 Å². The molecule has 124 valence electrons. The largest absolute Gasteiger partial charge is 0.333 e. The number of aromatic nitrogens is 2. The molecule has 0 spiro atoms. The van der Waals surface area contributed by atoms with Crippen molar-refractivity contribution in [3.05, 3.63) is 53.3 Å². The normalized spacial score (nSPS) is 19.4. The number of rotatable bonds is 5. The van der Waals surface area contributed by atoms with Gasteiger partial charge >= 0.3 is 6.55 Å². The Hall–Kier alpha value is -1.79. The molecule has 1 fully saturated rings. The molecule has 2 aromatic rings. The number of nitrogens with zero attached hydrogens (tertiary/aromatic N) is 3. The van der Waals surface area contributed by atoms with Crippen LogP contribution >= 0.6 is 0 Å². The number of alkyl halides is 2. The summed E-state index contributed by atoms with van der Waals surface area (Å²) in [6.45, 7) is 2.79. The highest BCUT2D eigenvalue weighted by Crippen LogP contribution is 2.24. The first-order chi connectivity index (χ1) is 11.2. The molecule has 0 amide bonds. The van der Waals surface area contributed by atoms with E-state index < -0.39 is 6.55 Å². The van der Waals surface area contributed by atoms with Crippen LogP contribution in [0.25, 0.3) is 0 Å². The summed E-state index contributed by atoms with van der Waals surface area (Å²) in [5, 5.41) is 7.38. The molecule has 1 aromatic heterocycles. The van der Waals surface area contributed by atoms with Crippen molar-refractivity contribution in [1.82, 2.24) is 20.0 Å². The second-order valence-electron chi connectivity index (χ2n) is 5.85. The molecule has 1 atom stereocenters. The SMILES string of the molecule is CCc1ccc(C2CNCCN2Cc2ccn(C(F)F)n2)cc1. The molecule has 1 saturated heterocycles. The van der Waals surface area contributed by atoms with Crippen LogP contribution in [0.3, 0.4) is 0 Å². The topological polar surface area (TPSA) is 33.1 Å². The van der Waals surface area contributed by atoms with E-state index in [-0.39, 0.29) is 6.04 Å². The molecule has 1 unspecified atom stereocenters. The zero-order chi connectivity index (χ0) is 16.2. The van der Waals surface area contributed by atoms with E-state index in [4.69, 9.17) is 0 Å². The quantitative estimate of drug-likeness (QED) is 0.919. The van der Waals surface area contributed by atoms with Gasteiger partial charge in [0.15, 0.2) is 0 Å². The van der Waals surface area contributed by atoms with E-state index in [2.05, 4.69) is 46.5 Å². The van der Waals surface area contributed by atoms with Crippen molar-refractivity contribution in [3.8, 4) is 0 Å². The van der Waals surface area contributed by atoms with Crippen LogP contribution in [-0.2, 0) is 13.0 Å². The maximum Gasteiger partial charge on any atom is 0.333 e. The minimum Gasteiger partial charge on any atom is -0.314 e. The summed E-state index contributed by atoms with van der Waals surface area (Å²) in [5.74, 6) is 0. The smallest absolute Gasteiger partial charge is 0.314 e. The van der Waals surface area contributed by atoms with Crippen LogP contribution in [0, 0.1) is 0 Å². The van der Waals surface area contributed by atoms with Gasteiger partial charge in [-0.2, -0.15) is 13.9 Å². The lowest BCUT2D eigenvalue weighted by Crippen LogP contribution is -2.45. The van der Waals surface area contributed by atoms with Crippen LogP contribution in [0.5, 0.6) is 0 Å². The van der Waals surface area contributed by atoms with Crippen LogP contribution in [-0.4, -0.2) is 34.3 Å². The van der Waals surface area contributed by atoms with Crippen molar-refractivity contribution in [2.24, 2.45) is 0 Å². The van der Waals surface area contributed by atoms with Gasteiger partial charge in [0.1, 0.15) is 0 Å². The first-order valence-electron chi connectivity index (χ1n) is 8.03. The molecule has 1 aliphatic heterocycles. The average Bonchev–Trinajstić information content (AvgIpc) is 3.04. The number of aryl methyl sites for hydroxylation is 1. The van der Waals surface area contributed by atoms with E-state index in [0.29, 0.717) is 16.9 Å². The zero-order valence-corrected chi connectivity index (χ0v) is 13.3. The highest BCUT2D eigenvalue weighted by atomic mass is 19.3. The second-order valence-corrected chi connectivity index (χ2v) is 5.85. The van der Waals surface area contributed by atoms with Gasteiger partial charge in [-0.15, -0.1) is 0 Å². The number of hydrogen-bond acceptors (Lipinski definition) is 3. The van der Waals surface area contributed by atoms with Crippen LogP contribution in [0.1, 0.15) is 36.3 Å². The summed E-state index contributed by atoms with van der Waals surface area (Å²) < 4.78 is 26.0. The number of piperazine rings is 1. The van der Waals surface area contributed by atoms with Gasteiger partial charge in [-0.25, -0.2) is 4.68 Å². The predicted octanol–water partition coefficient (Wildman–Crippen LogP) is 2.99. The Morgan fingerprint density at radius 2 is 2.04 bits per heavy atom. The lowest BCUT2D eigenvalue weighted by Gasteiger charge is -2.36. The molecule has 4 nitrogen and oxygen atoms in total. The highest BCUT2D eigenvalue weighted by Gasteiger charge is 2.24. The van der Waals surface area contributed by atoms with Gasteiger partial charge in [0.05, 0.1) is 5.69 Å². The Kier molecular flexibility index (Phi) is 5.03. The van der Waals surface area contributed by atoms with Crippen molar-refractivity contribution < 1.29 is 8.78 Å². The molecule has 3 rings (SSSR count). The first-order valence-corrected chi connectivity index (χ1v) is 8.03. The van der Waals surface area contributed by atoms with E-state index in [0.717, 1.165) is 26.1 Å². The number of halogens is 2. The Labute approximate surface area is 135 Å². The summed E-state index contributed by atoms with van der Waals surface area (Å²) in [4.78, 5) is 2.30. The van der Waals surface area contributed by atoms with Gasteiger partial charge < -0.3 is 5.32 Å². The molecule has 0 saturated carbocycles. The summed E-state index contributed by atoms with van der Waals surface area (Å²) in [6, 6.07) is 10.6. The third-order valence-electron chi connectivity index (χ3n) is 4.36. The number of hydrogen-bond donors (Lipinski definition) is 1. The molecule has 0 radical (unpaired) electrons. The molecule has 1 aliphatic rings. The summed E-state index contributed by atoms with van der Waals surface area (Å²) in [6.07, 6.45) is 2.37. The fourth-order valence-electron chi connectivity index (χ4n) is 3.02. The van der Waals surface area contributed by atoms with Crippen molar-refractivity contribution in [1.29, 1.82) is 0 Å². The lowest BCUT2D eigenvalue weighted by molar-refractivity contribution is 0.0554. The van der Waals surface area contributed by atoms with E-state index in [1.54, 1.807) is 6.07 Å². The lowest BCUT2D eigenvalue weighted by atomic mass is 10.0. The Bertz CT molecular complexity index is 624. The van der Waals surface area contributed by atoms with E-state index >= 15 is 0 Å². The van der Waals surface area contributed by atoms with Gasteiger partial charge in [-0.05, 0) is 23.6 Å². The summed E-state index contributed by atoms with van der Waals surface area (Å²) >= 11 is 0. The minimum absolute atomic E-state index is 0.242. The van der Waals surface area contributed by atoms with Crippen molar-refractivity contribution >= 4 is 0 Å². The van der Waals surface area contributed by atoms with Gasteiger partial charge in [-0.3, -0.25) is 4.90 Å². The van der Waals surface area contributed by atoms with Crippen molar-refractivity contribution in [3.63, 3.8) is 0 Å². The standard InChI is InChI=1S/C17H22F2N4/c1-2-13-3-5-14(6-4-13)16-11-20-8-10-22(16)12-15-7-9-23(21-15)17(18)19/h3-7,9,16-17,20H,2,8,10-12H2,1H3. The molecule has 2 heterocycles. The molecular formula is C17H22F2N4. The fraction of sp³-hybridized carbons (Fsp3) is 0.471. The molecular weight excluding hydrogens is 298 g/mol. The molecule has 23 heavy (non-hydrogen) atoms. The summed E-state index contributed by atoms with van der Waals surface area (Å²) in [5.41, 5.74) is 3.25. The molecule has 6 heteroatoms. The van der Waals surface area contributed by atoms with Crippen LogP contribution in [0.2, 0.25) is 0 Å². The predicted molar refractivity (Wildman–Crippen MR) is 85.3 cm³/mol. The van der Waals surface area contributed by atoms with Crippen LogP contribution < -0.4 is 5.32 Å². The summed E-state index contributed by atoms with van der Waals surface area (Å²) in [7, 11) is 0. The highest BCUT2D eigenvalue weighted by molar-refractivity contribution is 5.26. The molecule has 1 N–H and O–H groups in total. The van der Waals surface area contributed by atoms with Crippen LogP contribution in [0.15, 0.2) is 36.5 Å². The molecule has 0 bridgehead atoms. The minimum atomic E-state index is -2.58. The van der Waals surface area contributed by atoms with Crippen LogP contribution in [0.4, 0.5) is 8.78 Å². The second kappa shape index (κ2) is 7.19. The maximum atomic E-state index is 12.6. The van der Waals surface area contributed by atoms with Gasteiger partial charge in [0.25, 0.3) is 0 Å². The molecule has 1 aromatic carbocycles. The van der Waals surface area contributed by atoms with Gasteiger partial charge in [0, 0.05) is 38.4 Å². The van der Waals surface area contributed by atoms with E-state index in [9.17, 15) is 8.78 Å². The van der Waals surface area contributed by atoms with Gasteiger partial charge in [-0.1, -0.05) is 31.2 Å². The number of nitrogens with one attached hydrogen (secondary N) is 1. The Morgan fingerprint density at radius 3 is 2.70 bits per heavy atom. The third-order valence-corrected chi connectivity index (χ3v) is 4.36. The average molecular weight is 320 g/mol.